The number of rotatable bonds is 14. The average Bonchev–Trinajstić information content (AvgIpc) is 2.68. The maximum absolute atomic E-state index is 11.0. The molecule has 0 unspecified atom stereocenters. The van der Waals surface area contributed by atoms with Crippen molar-refractivity contribution in [2.75, 3.05) is 34.0 Å². The third-order valence-electron chi connectivity index (χ3n) is 5.05. The summed E-state index contributed by atoms with van der Waals surface area (Å²) in [5.74, 6) is 1.93. The molecular weight excluding hydrogens is 372 g/mol. The highest BCUT2D eigenvalue weighted by atomic mass is 16.5. The highest BCUT2D eigenvalue weighted by molar-refractivity contribution is 5.72. The fraction of sp³-hybridized carbons (Fsp3) is 0.682. The second kappa shape index (κ2) is 13.4. The summed E-state index contributed by atoms with van der Waals surface area (Å²) in [4.78, 5) is 11.0. The van der Waals surface area contributed by atoms with Gasteiger partial charge >= 0.3 is 0 Å². The molecule has 0 radical (unpaired) electrons. The third-order valence-corrected chi connectivity index (χ3v) is 5.05. The van der Waals surface area contributed by atoms with Gasteiger partial charge in [-0.05, 0) is 42.4 Å². The van der Waals surface area contributed by atoms with E-state index in [1.165, 1.54) is 6.92 Å². The number of nitrogens with one attached hydrogen (secondary N) is 1. The van der Waals surface area contributed by atoms with Crippen molar-refractivity contribution >= 4 is 5.91 Å². The molecule has 0 spiro atoms. The highest BCUT2D eigenvalue weighted by Gasteiger charge is 2.23. The molecule has 3 atom stereocenters. The summed E-state index contributed by atoms with van der Waals surface area (Å²) in [6.45, 7) is 7.11. The van der Waals surface area contributed by atoms with Gasteiger partial charge in [0.15, 0.2) is 11.5 Å². The second-order valence-electron chi connectivity index (χ2n) is 7.79. The smallest absolute Gasteiger partial charge is 0.216 e. The quantitative estimate of drug-likeness (QED) is 0.406. The number of nitrogens with two attached hydrogens (primary N) is 1. The van der Waals surface area contributed by atoms with Crippen molar-refractivity contribution in [3.05, 3.63) is 23.8 Å². The van der Waals surface area contributed by atoms with Crippen molar-refractivity contribution in [1.82, 2.24) is 5.32 Å². The van der Waals surface area contributed by atoms with E-state index in [1.807, 2.05) is 18.2 Å². The summed E-state index contributed by atoms with van der Waals surface area (Å²) in [7, 11) is 3.30. The lowest BCUT2D eigenvalue weighted by atomic mass is 9.83. The van der Waals surface area contributed by atoms with Crippen molar-refractivity contribution in [1.29, 1.82) is 0 Å². The predicted octanol–water partition coefficient (Wildman–Crippen LogP) is 2.14. The van der Waals surface area contributed by atoms with Gasteiger partial charge in [0.25, 0.3) is 0 Å². The Kier molecular flexibility index (Phi) is 11.7. The van der Waals surface area contributed by atoms with Crippen LogP contribution in [0.3, 0.4) is 0 Å². The van der Waals surface area contributed by atoms with Crippen molar-refractivity contribution < 1.29 is 24.1 Å². The molecular formula is C22H38N2O5. The molecule has 0 bridgehead atoms. The van der Waals surface area contributed by atoms with Gasteiger partial charge in [-0.3, -0.25) is 4.79 Å². The number of hydrogen-bond donors (Lipinski definition) is 3. The van der Waals surface area contributed by atoms with Crippen molar-refractivity contribution in [2.45, 2.75) is 52.2 Å². The molecule has 0 saturated carbocycles. The molecule has 0 fully saturated rings. The first-order valence-electron chi connectivity index (χ1n) is 10.2. The van der Waals surface area contributed by atoms with E-state index in [-0.39, 0.29) is 18.4 Å². The Morgan fingerprint density at radius 3 is 2.52 bits per heavy atom. The summed E-state index contributed by atoms with van der Waals surface area (Å²) in [5, 5.41) is 12.8. The molecule has 0 aliphatic carbocycles. The standard InChI is InChI=1S/C22H38N2O5/c1-15(2)18(13-19(23)20(26)14-24-16(3)25)11-17-7-8-21(28-5)22(12-17)29-10-6-9-27-4/h7-8,12,15,18-20,26H,6,9-11,13-14,23H2,1-5H3,(H,24,25)/t18-,19-,20-/m0/s1. The van der Waals surface area contributed by atoms with Gasteiger partial charge < -0.3 is 30.4 Å². The van der Waals surface area contributed by atoms with Crippen LogP contribution in [0.5, 0.6) is 11.5 Å². The monoisotopic (exact) mass is 410 g/mol. The Morgan fingerprint density at radius 2 is 1.93 bits per heavy atom. The second-order valence-corrected chi connectivity index (χ2v) is 7.79. The van der Waals surface area contributed by atoms with E-state index >= 15 is 0 Å². The number of hydrogen-bond acceptors (Lipinski definition) is 6. The van der Waals surface area contributed by atoms with E-state index in [4.69, 9.17) is 19.9 Å². The first-order chi connectivity index (χ1) is 13.8. The predicted molar refractivity (Wildman–Crippen MR) is 114 cm³/mol. The van der Waals surface area contributed by atoms with Crippen molar-refractivity contribution in [3.63, 3.8) is 0 Å². The van der Waals surface area contributed by atoms with Gasteiger partial charge in [-0.1, -0.05) is 19.9 Å². The summed E-state index contributed by atoms with van der Waals surface area (Å²) in [6, 6.07) is 5.57. The lowest BCUT2D eigenvalue weighted by Crippen LogP contribution is -2.44. The Bertz CT molecular complexity index is 609. The summed E-state index contributed by atoms with van der Waals surface area (Å²) in [6.07, 6.45) is 1.51. The number of ether oxygens (including phenoxy) is 3. The first-order valence-corrected chi connectivity index (χ1v) is 10.2. The van der Waals surface area contributed by atoms with Gasteiger partial charge in [0.2, 0.25) is 5.91 Å². The Labute approximate surface area is 174 Å². The van der Waals surface area contributed by atoms with E-state index in [0.717, 1.165) is 24.2 Å². The van der Waals surface area contributed by atoms with Gasteiger partial charge in [-0.2, -0.15) is 0 Å². The Balaban J connectivity index is 2.77. The summed E-state index contributed by atoms with van der Waals surface area (Å²) < 4.78 is 16.3. The number of aliphatic hydroxyl groups is 1. The van der Waals surface area contributed by atoms with Gasteiger partial charge in [0.1, 0.15) is 0 Å². The van der Waals surface area contributed by atoms with E-state index in [0.29, 0.717) is 31.3 Å². The SMILES string of the molecule is COCCCOc1cc(C[C@@H](C[C@H](N)[C@@H](O)CNC(C)=O)C(C)C)ccc1OC. The van der Waals surface area contributed by atoms with Crippen LogP contribution < -0.4 is 20.5 Å². The molecule has 4 N–H and O–H groups in total. The molecule has 1 rings (SSSR count). The van der Waals surface area contributed by atoms with Gasteiger partial charge in [0, 0.05) is 39.6 Å². The molecule has 1 amide bonds. The van der Waals surface area contributed by atoms with Crippen LogP contribution in [-0.4, -0.2) is 57.1 Å². The number of methoxy groups -OCH3 is 2. The molecule has 0 saturated heterocycles. The molecule has 0 aliphatic heterocycles. The molecule has 7 nitrogen and oxygen atoms in total. The van der Waals surface area contributed by atoms with Crippen LogP contribution in [0, 0.1) is 11.8 Å². The van der Waals surface area contributed by atoms with Gasteiger partial charge in [-0.25, -0.2) is 0 Å². The van der Waals surface area contributed by atoms with E-state index in [1.54, 1.807) is 14.2 Å². The zero-order chi connectivity index (χ0) is 21.8. The van der Waals surface area contributed by atoms with Crippen LogP contribution in [0.25, 0.3) is 0 Å². The summed E-state index contributed by atoms with van der Waals surface area (Å²) >= 11 is 0. The minimum atomic E-state index is -0.768. The molecule has 0 heterocycles. The molecule has 1 aromatic carbocycles. The lowest BCUT2D eigenvalue weighted by Gasteiger charge is -2.27. The fourth-order valence-electron chi connectivity index (χ4n) is 3.15. The number of benzene rings is 1. The maximum Gasteiger partial charge on any atom is 0.216 e. The average molecular weight is 411 g/mol. The number of carbonyl (C=O) groups excluding carboxylic acids is 1. The Hall–Kier alpha value is -1.83. The van der Waals surface area contributed by atoms with Crippen LogP contribution in [0.4, 0.5) is 0 Å². The van der Waals surface area contributed by atoms with E-state index in [2.05, 4.69) is 19.2 Å². The zero-order valence-electron chi connectivity index (χ0n) is 18.4. The summed E-state index contributed by atoms with van der Waals surface area (Å²) in [5.41, 5.74) is 7.34. The fourth-order valence-corrected chi connectivity index (χ4v) is 3.15. The number of amides is 1. The molecule has 1 aromatic rings. The molecule has 29 heavy (non-hydrogen) atoms. The molecule has 0 aliphatic rings. The van der Waals surface area contributed by atoms with Crippen LogP contribution in [0.1, 0.15) is 39.2 Å². The van der Waals surface area contributed by atoms with Gasteiger partial charge in [0.05, 0.1) is 19.8 Å². The highest BCUT2D eigenvalue weighted by Crippen LogP contribution is 2.31. The van der Waals surface area contributed by atoms with Crippen LogP contribution >= 0.6 is 0 Å². The van der Waals surface area contributed by atoms with E-state index in [9.17, 15) is 9.90 Å². The minimum absolute atomic E-state index is 0.170. The first kappa shape index (κ1) is 25.2. The normalized spacial score (nSPS) is 14.3. The Morgan fingerprint density at radius 1 is 1.21 bits per heavy atom. The van der Waals surface area contributed by atoms with E-state index < -0.39 is 12.1 Å². The van der Waals surface area contributed by atoms with Crippen LogP contribution in [-0.2, 0) is 16.0 Å². The maximum atomic E-state index is 11.0. The molecule has 7 heteroatoms. The topological polar surface area (TPSA) is 103 Å². The lowest BCUT2D eigenvalue weighted by molar-refractivity contribution is -0.119. The number of carbonyl (C=O) groups is 1. The molecule has 166 valence electrons. The van der Waals surface area contributed by atoms with Crippen LogP contribution in [0.15, 0.2) is 18.2 Å². The van der Waals surface area contributed by atoms with Crippen molar-refractivity contribution in [2.24, 2.45) is 17.6 Å². The largest absolute Gasteiger partial charge is 0.493 e. The van der Waals surface area contributed by atoms with Crippen molar-refractivity contribution in [3.8, 4) is 11.5 Å². The third kappa shape index (κ3) is 9.47. The zero-order valence-corrected chi connectivity index (χ0v) is 18.4. The minimum Gasteiger partial charge on any atom is -0.493 e. The number of aliphatic hydroxyl groups excluding tert-OH is 1. The van der Waals surface area contributed by atoms with Crippen LogP contribution in [0.2, 0.25) is 0 Å². The molecule has 0 aromatic heterocycles. The van der Waals surface area contributed by atoms with Gasteiger partial charge in [-0.15, -0.1) is 0 Å².